The number of hydrogen-bond acceptors (Lipinski definition) is 2. The summed E-state index contributed by atoms with van der Waals surface area (Å²) in [5.74, 6) is 0.343. The maximum Gasteiger partial charge on any atom is 0.281 e. The fourth-order valence-electron chi connectivity index (χ4n) is 3.19. The molecule has 0 spiro atoms. The van der Waals surface area contributed by atoms with Crippen molar-refractivity contribution >= 4 is 10.2 Å². The molecule has 0 bridgehead atoms. The lowest BCUT2D eigenvalue weighted by atomic mass is 9.99. The van der Waals surface area contributed by atoms with Gasteiger partial charge >= 0.3 is 0 Å². The minimum absolute atomic E-state index is 0.343. The summed E-state index contributed by atoms with van der Waals surface area (Å²) in [5.41, 5.74) is 1.25. The number of nitrogens with zero attached hydrogens (tertiary/aromatic N) is 2. The first kappa shape index (κ1) is 14.0. The molecule has 1 aromatic rings. The van der Waals surface area contributed by atoms with Crippen molar-refractivity contribution in [2.45, 2.75) is 31.6 Å². The van der Waals surface area contributed by atoms with Gasteiger partial charge in [-0.25, -0.2) is 0 Å². The number of rotatable bonds is 3. The second-order valence-electron chi connectivity index (χ2n) is 5.72. The van der Waals surface area contributed by atoms with Crippen LogP contribution >= 0.6 is 0 Å². The molecule has 5 heteroatoms. The fraction of sp³-hybridized carbons (Fsp3) is 0.600. The van der Waals surface area contributed by atoms with Gasteiger partial charge in [0.15, 0.2) is 0 Å². The average molecular weight is 294 g/mol. The van der Waals surface area contributed by atoms with Gasteiger partial charge in [0.1, 0.15) is 0 Å². The SMILES string of the molecule is O=S(=O)(N1CCCCC1)N1CCC(c2ccccc2)C1. The van der Waals surface area contributed by atoms with Crippen molar-refractivity contribution in [3.05, 3.63) is 35.9 Å². The topological polar surface area (TPSA) is 40.6 Å². The van der Waals surface area contributed by atoms with E-state index < -0.39 is 10.2 Å². The maximum absolute atomic E-state index is 12.6. The summed E-state index contributed by atoms with van der Waals surface area (Å²) in [7, 11) is -3.24. The van der Waals surface area contributed by atoms with E-state index in [1.54, 1.807) is 8.61 Å². The van der Waals surface area contributed by atoms with E-state index in [-0.39, 0.29) is 0 Å². The van der Waals surface area contributed by atoms with Gasteiger partial charge in [0, 0.05) is 26.2 Å². The van der Waals surface area contributed by atoms with E-state index in [9.17, 15) is 8.42 Å². The van der Waals surface area contributed by atoms with Crippen molar-refractivity contribution in [1.29, 1.82) is 0 Å². The Morgan fingerprint density at radius 3 is 2.30 bits per heavy atom. The highest BCUT2D eigenvalue weighted by Crippen LogP contribution is 2.30. The molecule has 110 valence electrons. The van der Waals surface area contributed by atoms with Crippen molar-refractivity contribution in [1.82, 2.24) is 8.61 Å². The minimum Gasteiger partial charge on any atom is -0.195 e. The summed E-state index contributed by atoms with van der Waals surface area (Å²) in [6.07, 6.45) is 4.07. The molecule has 1 aromatic carbocycles. The minimum atomic E-state index is -3.24. The molecule has 1 unspecified atom stereocenters. The number of benzene rings is 1. The Hall–Kier alpha value is -0.910. The molecule has 0 aliphatic carbocycles. The molecule has 0 saturated carbocycles. The molecular weight excluding hydrogens is 272 g/mol. The van der Waals surface area contributed by atoms with Crippen LogP contribution in [-0.2, 0) is 10.2 Å². The van der Waals surface area contributed by atoms with Crippen LogP contribution in [0, 0.1) is 0 Å². The van der Waals surface area contributed by atoms with Gasteiger partial charge in [0.2, 0.25) is 0 Å². The fourth-order valence-corrected chi connectivity index (χ4v) is 4.94. The maximum atomic E-state index is 12.6. The van der Waals surface area contributed by atoms with Crippen molar-refractivity contribution in [2.24, 2.45) is 0 Å². The molecule has 2 fully saturated rings. The number of piperidine rings is 1. The van der Waals surface area contributed by atoms with Crippen molar-refractivity contribution in [3.63, 3.8) is 0 Å². The van der Waals surface area contributed by atoms with Crippen LogP contribution in [0.15, 0.2) is 30.3 Å². The molecule has 0 amide bonds. The zero-order valence-electron chi connectivity index (χ0n) is 11.7. The first-order chi connectivity index (χ1) is 9.68. The van der Waals surface area contributed by atoms with Crippen LogP contribution in [0.1, 0.15) is 37.2 Å². The standard InChI is InChI=1S/C15H22N2O2S/c18-20(19,16-10-5-2-6-11-16)17-12-9-15(13-17)14-7-3-1-4-8-14/h1,3-4,7-8,15H,2,5-6,9-13H2. The van der Waals surface area contributed by atoms with Gasteiger partial charge in [-0.3, -0.25) is 0 Å². The quantitative estimate of drug-likeness (QED) is 0.857. The third kappa shape index (κ3) is 2.75. The molecular formula is C15H22N2O2S. The summed E-state index contributed by atoms with van der Waals surface area (Å²) >= 11 is 0. The Bertz CT molecular complexity index is 538. The summed E-state index contributed by atoms with van der Waals surface area (Å²) in [4.78, 5) is 0. The van der Waals surface area contributed by atoms with Crippen LogP contribution in [0.3, 0.4) is 0 Å². The molecule has 2 aliphatic heterocycles. The Kier molecular flexibility index (Phi) is 4.10. The Balaban J connectivity index is 1.70. The zero-order valence-corrected chi connectivity index (χ0v) is 12.6. The first-order valence-electron chi connectivity index (χ1n) is 7.48. The molecule has 0 radical (unpaired) electrons. The number of hydrogen-bond donors (Lipinski definition) is 0. The van der Waals surface area contributed by atoms with Crippen LogP contribution in [0.25, 0.3) is 0 Å². The molecule has 0 aromatic heterocycles. The van der Waals surface area contributed by atoms with Crippen molar-refractivity contribution in [3.8, 4) is 0 Å². The zero-order chi connectivity index (χ0) is 14.0. The molecule has 4 nitrogen and oxygen atoms in total. The highest BCUT2D eigenvalue weighted by Gasteiger charge is 2.36. The Morgan fingerprint density at radius 2 is 1.60 bits per heavy atom. The van der Waals surface area contributed by atoms with Gasteiger partial charge in [-0.15, -0.1) is 0 Å². The van der Waals surface area contributed by atoms with Crippen LogP contribution < -0.4 is 0 Å². The molecule has 2 saturated heterocycles. The third-order valence-electron chi connectivity index (χ3n) is 4.39. The van der Waals surface area contributed by atoms with Gasteiger partial charge in [-0.2, -0.15) is 17.0 Å². The summed E-state index contributed by atoms with van der Waals surface area (Å²) in [6, 6.07) is 10.2. The Labute approximate surface area is 121 Å². The first-order valence-corrected chi connectivity index (χ1v) is 8.88. The lowest BCUT2D eigenvalue weighted by molar-refractivity contribution is 0.315. The highest BCUT2D eigenvalue weighted by atomic mass is 32.2. The van der Waals surface area contributed by atoms with Gasteiger partial charge in [0.05, 0.1) is 0 Å². The summed E-state index contributed by atoms with van der Waals surface area (Å²) in [6.45, 7) is 2.66. The van der Waals surface area contributed by atoms with Crippen LogP contribution in [0.4, 0.5) is 0 Å². The Morgan fingerprint density at radius 1 is 0.900 bits per heavy atom. The van der Waals surface area contributed by atoms with Gasteiger partial charge in [-0.1, -0.05) is 36.8 Å². The predicted octanol–water partition coefficient (Wildman–Crippen LogP) is 2.21. The van der Waals surface area contributed by atoms with E-state index in [2.05, 4.69) is 12.1 Å². The average Bonchev–Trinajstić information content (AvgIpc) is 3.00. The largest absolute Gasteiger partial charge is 0.281 e. The summed E-state index contributed by atoms with van der Waals surface area (Å²) < 4.78 is 28.6. The van der Waals surface area contributed by atoms with Gasteiger partial charge in [-0.05, 0) is 30.7 Å². The monoisotopic (exact) mass is 294 g/mol. The van der Waals surface area contributed by atoms with E-state index in [0.29, 0.717) is 32.1 Å². The lowest BCUT2D eigenvalue weighted by Crippen LogP contribution is -2.45. The van der Waals surface area contributed by atoms with Gasteiger partial charge in [0.25, 0.3) is 10.2 Å². The predicted molar refractivity (Wildman–Crippen MR) is 79.7 cm³/mol. The smallest absolute Gasteiger partial charge is 0.195 e. The molecule has 2 aliphatic rings. The lowest BCUT2D eigenvalue weighted by Gasteiger charge is -2.30. The summed E-state index contributed by atoms with van der Waals surface area (Å²) in [5, 5.41) is 0. The van der Waals surface area contributed by atoms with Crippen molar-refractivity contribution in [2.75, 3.05) is 26.2 Å². The van der Waals surface area contributed by atoms with E-state index >= 15 is 0 Å². The molecule has 3 rings (SSSR count). The van der Waals surface area contributed by atoms with E-state index in [1.165, 1.54) is 5.56 Å². The van der Waals surface area contributed by atoms with Gasteiger partial charge < -0.3 is 0 Å². The second-order valence-corrected chi connectivity index (χ2v) is 7.65. The molecule has 20 heavy (non-hydrogen) atoms. The highest BCUT2D eigenvalue weighted by molar-refractivity contribution is 7.86. The molecule has 0 N–H and O–H groups in total. The molecule has 2 heterocycles. The van der Waals surface area contributed by atoms with Crippen LogP contribution in [0.5, 0.6) is 0 Å². The van der Waals surface area contributed by atoms with E-state index in [0.717, 1.165) is 25.7 Å². The van der Waals surface area contributed by atoms with Crippen molar-refractivity contribution < 1.29 is 8.42 Å². The van der Waals surface area contributed by atoms with E-state index in [1.807, 2.05) is 18.2 Å². The van der Waals surface area contributed by atoms with E-state index in [4.69, 9.17) is 0 Å². The third-order valence-corrected chi connectivity index (χ3v) is 6.39. The van der Waals surface area contributed by atoms with Crippen LogP contribution in [-0.4, -0.2) is 43.2 Å². The molecule has 1 atom stereocenters. The normalized spacial score (nSPS) is 25.9. The van der Waals surface area contributed by atoms with Crippen LogP contribution in [0.2, 0.25) is 0 Å². The second kappa shape index (κ2) is 5.84.